The lowest BCUT2D eigenvalue weighted by atomic mass is 9.97. The van der Waals surface area contributed by atoms with E-state index in [2.05, 4.69) is 45.8 Å². The van der Waals surface area contributed by atoms with E-state index in [1.807, 2.05) is 19.4 Å². The Hall–Kier alpha value is -1.68. The number of piperidine rings is 1. The largest absolute Gasteiger partial charge is 0.306 e. The Bertz CT molecular complexity index is 602. The van der Waals surface area contributed by atoms with Crippen LogP contribution in [-0.4, -0.2) is 20.6 Å². The fourth-order valence-electron chi connectivity index (χ4n) is 3.07. The van der Waals surface area contributed by atoms with Gasteiger partial charge in [-0.15, -0.1) is 0 Å². The summed E-state index contributed by atoms with van der Waals surface area (Å²) in [6, 6.07) is 5.16. The van der Waals surface area contributed by atoms with Crippen LogP contribution in [0.1, 0.15) is 49.3 Å². The van der Waals surface area contributed by atoms with Gasteiger partial charge in [0.05, 0.1) is 29.6 Å². The van der Waals surface area contributed by atoms with E-state index < -0.39 is 0 Å². The van der Waals surface area contributed by atoms with Crippen molar-refractivity contribution in [2.45, 2.75) is 52.1 Å². The van der Waals surface area contributed by atoms with Crippen LogP contribution in [0.15, 0.2) is 24.7 Å². The van der Waals surface area contributed by atoms with E-state index in [-0.39, 0.29) is 0 Å². The summed E-state index contributed by atoms with van der Waals surface area (Å²) < 4.78 is 2.18. The number of imidazole rings is 1. The zero-order chi connectivity index (χ0) is 14.1. The van der Waals surface area contributed by atoms with Crippen LogP contribution < -0.4 is 5.32 Å². The molecule has 3 heterocycles. The van der Waals surface area contributed by atoms with Crippen molar-refractivity contribution in [3.8, 4) is 5.69 Å². The van der Waals surface area contributed by atoms with Crippen LogP contribution >= 0.6 is 0 Å². The van der Waals surface area contributed by atoms with Crippen LogP contribution in [0.5, 0.6) is 0 Å². The van der Waals surface area contributed by atoms with E-state index in [1.165, 1.54) is 25.0 Å². The number of nitrogens with one attached hydrogen (secondary N) is 1. The standard InChI is InChI=1S/C16H22N4/c1-11-5-4-6-14(19-11)16-9-17-10-20(16)15-8-7-12(2)18-13(15)3/h7-11,14,19H,4-6H2,1-3H3. The molecule has 0 aliphatic carbocycles. The maximum Gasteiger partial charge on any atom is 0.0995 e. The number of rotatable bonds is 2. The highest BCUT2D eigenvalue weighted by Crippen LogP contribution is 2.27. The number of aromatic nitrogens is 3. The van der Waals surface area contributed by atoms with Crippen LogP contribution in [0.4, 0.5) is 0 Å². The Balaban J connectivity index is 1.97. The molecule has 1 aliphatic heterocycles. The molecule has 1 N–H and O–H groups in total. The third kappa shape index (κ3) is 2.48. The molecule has 0 spiro atoms. The molecule has 2 aromatic heterocycles. The summed E-state index contributed by atoms with van der Waals surface area (Å²) >= 11 is 0. The first-order chi connectivity index (χ1) is 9.65. The monoisotopic (exact) mass is 270 g/mol. The molecule has 0 radical (unpaired) electrons. The molecule has 4 heteroatoms. The molecule has 2 atom stereocenters. The Morgan fingerprint density at radius 1 is 1.25 bits per heavy atom. The lowest BCUT2D eigenvalue weighted by Gasteiger charge is -2.29. The number of aryl methyl sites for hydroxylation is 2. The highest BCUT2D eigenvalue weighted by atomic mass is 15.1. The van der Waals surface area contributed by atoms with Crippen LogP contribution in [-0.2, 0) is 0 Å². The zero-order valence-corrected chi connectivity index (χ0v) is 12.4. The molecule has 0 saturated carbocycles. The van der Waals surface area contributed by atoms with Crippen molar-refractivity contribution in [2.24, 2.45) is 0 Å². The Labute approximate surface area is 120 Å². The molecule has 1 aliphatic rings. The topological polar surface area (TPSA) is 42.7 Å². The van der Waals surface area contributed by atoms with Crippen molar-refractivity contribution in [1.82, 2.24) is 19.9 Å². The molecule has 0 aromatic carbocycles. The van der Waals surface area contributed by atoms with Gasteiger partial charge in [-0.25, -0.2) is 4.98 Å². The number of pyridine rings is 1. The summed E-state index contributed by atoms with van der Waals surface area (Å²) in [7, 11) is 0. The highest BCUT2D eigenvalue weighted by Gasteiger charge is 2.23. The molecular weight excluding hydrogens is 248 g/mol. The second-order valence-electron chi connectivity index (χ2n) is 5.80. The minimum atomic E-state index is 0.391. The number of nitrogens with zero attached hydrogens (tertiary/aromatic N) is 3. The average molecular weight is 270 g/mol. The van der Waals surface area contributed by atoms with Crippen LogP contribution in [0.3, 0.4) is 0 Å². The maximum atomic E-state index is 4.56. The van der Waals surface area contributed by atoms with Crippen molar-refractivity contribution >= 4 is 0 Å². The van der Waals surface area contributed by atoms with Crippen molar-refractivity contribution in [3.63, 3.8) is 0 Å². The molecule has 1 saturated heterocycles. The zero-order valence-electron chi connectivity index (χ0n) is 12.4. The first-order valence-corrected chi connectivity index (χ1v) is 7.38. The molecule has 2 aromatic rings. The Morgan fingerprint density at radius 2 is 2.10 bits per heavy atom. The van der Waals surface area contributed by atoms with Gasteiger partial charge in [0, 0.05) is 17.8 Å². The lowest BCUT2D eigenvalue weighted by molar-refractivity contribution is 0.334. The van der Waals surface area contributed by atoms with Gasteiger partial charge in [0.2, 0.25) is 0 Å². The van der Waals surface area contributed by atoms with Crippen LogP contribution in [0.25, 0.3) is 5.69 Å². The van der Waals surface area contributed by atoms with Gasteiger partial charge in [-0.2, -0.15) is 0 Å². The molecule has 3 rings (SSSR count). The second kappa shape index (κ2) is 5.37. The third-order valence-corrected chi connectivity index (χ3v) is 4.10. The van der Waals surface area contributed by atoms with E-state index in [0.29, 0.717) is 12.1 Å². The molecular formula is C16H22N4. The summed E-state index contributed by atoms with van der Waals surface area (Å²) in [6.45, 7) is 6.34. The van der Waals surface area contributed by atoms with E-state index in [0.717, 1.165) is 17.1 Å². The normalized spacial score (nSPS) is 22.9. The summed E-state index contributed by atoms with van der Waals surface area (Å²) in [6.07, 6.45) is 7.59. The van der Waals surface area contributed by atoms with Gasteiger partial charge in [0.25, 0.3) is 0 Å². The maximum absolute atomic E-state index is 4.56. The molecule has 0 bridgehead atoms. The van der Waals surface area contributed by atoms with E-state index in [4.69, 9.17) is 0 Å². The predicted octanol–water partition coefficient (Wildman–Crippen LogP) is 3.09. The molecule has 1 fully saturated rings. The van der Waals surface area contributed by atoms with Gasteiger partial charge in [-0.05, 0) is 52.2 Å². The first kappa shape index (κ1) is 13.3. The molecule has 2 unspecified atom stereocenters. The van der Waals surface area contributed by atoms with Crippen LogP contribution in [0.2, 0.25) is 0 Å². The number of hydrogen-bond acceptors (Lipinski definition) is 3. The van der Waals surface area contributed by atoms with Gasteiger partial charge in [-0.3, -0.25) is 9.55 Å². The van der Waals surface area contributed by atoms with E-state index in [1.54, 1.807) is 0 Å². The Kier molecular flexibility index (Phi) is 3.57. The van der Waals surface area contributed by atoms with Gasteiger partial charge in [-0.1, -0.05) is 0 Å². The quantitative estimate of drug-likeness (QED) is 0.912. The summed E-state index contributed by atoms with van der Waals surface area (Å²) in [5, 5.41) is 3.68. The SMILES string of the molecule is Cc1ccc(-n2cncc2C2CCCC(C)N2)c(C)n1. The number of hydrogen-bond donors (Lipinski definition) is 1. The lowest BCUT2D eigenvalue weighted by Crippen LogP contribution is -2.35. The van der Waals surface area contributed by atoms with Crippen molar-refractivity contribution in [2.75, 3.05) is 0 Å². The van der Waals surface area contributed by atoms with E-state index >= 15 is 0 Å². The van der Waals surface area contributed by atoms with Gasteiger partial charge < -0.3 is 5.32 Å². The molecule has 20 heavy (non-hydrogen) atoms. The fraction of sp³-hybridized carbons (Fsp3) is 0.500. The third-order valence-electron chi connectivity index (χ3n) is 4.10. The van der Waals surface area contributed by atoms with E-state index in [9.17, 15) is 0 Å². The molecule has 106 valence electrons. The van der Waals surface area contributed by atoms with Gasteiger partial charge in [0.15, 0.2) is 0 Å². The van der Waals surface area contributed by atoms with Crippen LogP contribution in [0, 0.1) is 13.8 Å². The minimum absolute atomic E-state index is 0.391. The second-order valence-corrected chi connectivity index (χ2v) is 5.80. The van der Waals surface area contributed by atoms with Crippen molar-refractivity contribution < 1.29 is 0 Å². The predicted molar refractivity (Wildman–Crippen MR) is 80.0 cm³/mol. The summed E-state index contributed by atoms with van der Waals surface area (Å²) in [5.41, 5.74) is 4.47. The summed E-state index contributed by atoms with van der Waals surface area (Å²) in [5.74, 6) is 0. The average Bonchev–Trinajstić information content (AvgIpc) is 2.87. The fourth-order valence-corrected chi connectivity index (χ4v) is 3.07. The Morgan fingerprint density at radius 3 is 2.85 bits per heavy atom. The molecule has 4 nitrogen and oxygen atoms in total. The van der Waals surface area contributed by atoms with Crippen molar-refractivity contribution in [1.29, 1.82) is 0 Å². The minimum Gasteiger partial charge on any atom is -0.306 e. The first-order valence-electron chi connectivity index (χ1n) is 7.38. The summed E-state index contributed by atoms with van der Waals surface area (Å²) in [4.78, 5) is 8.92. The molecule has 0 amide bonds. The van der Waals surface area contributed by atoms with Gasteiger partial charge >= 0.3 is 0 Å². The van der Waals surface area contributed by atoms with Crippen molar-refractivity contribution in [3.05, 3.63) is 41.7 Å². The highest BCUT2D eigenvalue weighted by molar-refractivity contribution is 5.39. The smallest absolute Gasteiger partial charge is 0.0995 e. The van der Waals surface area contributed by atoms with Gasteiger partial charge in [0.1, 0.15) is 0 Å².